The molecule has 0 spiro atoms. The van der Waals surface area contributed by atoms with Crippen molar-refractivity contribution in [2.75, 3.05) is 16.0 Å². The number of rotatable bonds is 4. The fraction of sp³-hybridized carbons (Fsp3) is 0.130. The van der Waals surface area contributed by atoms with Crippen LogP contribution in [0.1, 0.15) is 26.9 Å². The van der Waals surface area contributed by atoms with E-state index in [1.54, 1.807) is 30.3 Å². The lowest BCUT2D eigenvalue weighted by Gasteiger charge is -2.25. The van der Waals surface area contributed by atoms with Gasteiger partial charge in [0.2, 0.25) is 5.91 Å². The second-order valence-corrected chi connectivity index (χ2v) is 8.04. The monoisotopic (exact) mass is 424 g/mol. The Hall–Kier alpha value is -3.19. The van der Waals surface area contributed by atoms with E-state index in [-0.39, 0.29) is 23.3 Å². The Morgan fingerprint density at radius 1 is 1.07 bits per heavy atom. The third-order valence-electron chi connectivity index (χ3n) is 4.77. The van der Waals surface area contributed by atoms with Crippen LogP contribution in [-0.2, 0) is 4.79 Å². The number of carbonyl (C=O) groups is 2. The smallest absolute Gasteiger partial charge is 0.255 e. The number of benzene rings is 3. The minimum absolute atomic E-state index is 0.171. The molecule has 0 aliphatic carbocycles. The maximum absolute atomic E-state index is 14.5. The average molecular weight is 424 g/mol. The highest BCUT2D eigenvalue weighted by Crippen LogP contribution is 2.43. The molecule has 7 heteroatoms. The van der Waals surface area contributed by atoms with Gasteiger partial charge in [0, 0.05) is 11.3 Å². The van der Waals surface area contributed by atoms with Crippen molar-refractivity contribution < 1.29 is 18.4 Å². The second-order valence-electron chi connectivity index (χ2n) is 6.97. The van der Waals surface area contributed by atoms with Gasteiger partial charge in [0.15, 0.2) is 0 Å². The number of amides is 2. The van der Waals surface area contributed by atoms with Crippen molar-refractivity contribution in [3.05, 3.63) is 95.1 Å². The summed E-state index contributed by atoms with van der Waals surface area (Å²) in [5, 5.41) is 2.37. The van der Waals surface area contributed by atoms with Crippen molar-refractivity contribution in [1.82, 2.24) is 0 Å². The summed E-state index contributed by atoms with van der Waals surface area (Å²) >= 11 is 1.40. The molecule has 3 aromatic rings. The van der Waals surface area contributed by atoms with Crippen molar-refractivity contribution in [3.8, 4) is 0 Å². The van der Waals surface area contributed by atoms with Gasteiger partial charge < -0.3 is 5.32 Å². The van der Waals surface area contributed by atoms with Gasteiger partial charge in [0.05, 0.1) is 11.4 Å². The molecule has 1 fully saturated rings. The van der Waals surface area contributed by atoms with Crippen molar-refractivity contribution in [2.45, 2.75) is 12.3 Å². The summed E-state index contributed by atoms with van der Waals surface area (Å²) in [7, 11) is 0. The first-order valence-electron chi connectivity index (χ1n) is 9.29. The average Bonchev–Trinajstić information content (AvgIpc) is 3.12. The van der Waals surface area contributed by atoms with E-state index < -0.39 is 17.0 Å². The number of anilines is 2. The van der Waals surface area contributed by atoms with Gasteiger partial charge in [-0.1, -0.05) is 18.2 Å². The topological polar surface area (TPSA) is 49.4 Å². The van der Waals surface area contributed by atoms with Gasteiger partial charge in [-0.05, 0) is 66.6 Å². The summed E-state index contributed by atoms with van der Waals surface area (Å²) in [6, 6.07) is 17.0. The Morgan fingerprint density at radius 3 is 2.60 bits per heavy atom. The number of halogens is 2. The summed E-state index contributed by atoms with van der Waals surface area (Å²) in [4.78, 5) is 26.4. The molecule has 1 saturated heterocycles. The molecule has 3 aromatic carbocycles. The second kappa shape index (κ2) is 8.28. The molecule has 1 aliphatic heterocycles. The largest absolute Gasteiger partial charge is 0.322 e. The van der Waals surface area contributed by atoms with E-state index in [1.807, 2.05) is 13.0 Å². The van der Waals surface area contributed by atoms with Crippen LogP contribution in [-0.4, -0.2) is 17.6 Å². The molecule has 1 atom stereocenters. The highest BCUT2D eigenvalue weighted by molar-refractivity contribution is 8.00. The molecule has 1 aliphatic rings. The maximum atomic E-state index is 14.5. The van der Waals surface area contributed by atoms with Gasteiger partial charge in [-0.25, -0.2) is 8.78 Å². The van der Waals surface area contributed by atoms with Crippen LogP contribution in [0.25, 0.3) is 0 Å². The van der Waals surface area contributed by atoms with Crippen LogP contribution < -0.4 is 10.2 Å². The molecule has 1 heterocycles. The standard InChI is InChI=1S/C23H18F2N2O2S/c1-14-5-10-19(25)20(11-14)27-21(28)13-30-23(27)16-3-2-4-18(12-16)26-22(29)15-6-8-17(24)9-7-15/h2-12,23H,13H2,1H3,(H,26,29). The van der Waals surface area contributed by atoms with Crippen molar-refractivity contribution in [1.29, 1.82) is 0 Å². The third kappa shape index (κ3) is 4.07. The van der Waals surface area contributed by atoms with E-state index in [1.165, 1.54) is 47.0 Å². The zero-order chi connectivity index (χ0) is 21.3. The van der Waals surface area contributed by atoms with E-state index in [0.717, 1.165) is 11.1 Å². The molecule has 0 bridgehead atoms. The molecule has 0 radical (unpaired) electrons. The molecule has 1 N–H and O–H groups in total. The van der Waals surface area contributed by atoms with Crippen LogP contribution >= 0.6 is 11.8 Å². The molecule has 2 amide bonds. The van der Waals surface area contributed by atoms with Crippen LogP contribution in [0.4, 0.5) is 20.2 Å². The molecule has 4 rings (SSSR count). The SMILES string of the molecule is Cc1ccc(F)c(N2C(=O)CSC2c2cccc(NC(=O)c3ccc(F)cc3)c2)c1. The normalized spacial score (nSPS) is 16.0. The van der Waals surface area contributed by atoms with Gasteiger partial charge >= 0.3 is 0 Å². The van der Waals surface area contributed by atoms with Crippen LogP contribution in [0, 0.1) is 18.6 Å². The summed E-state index contributed by atoms with van der Waals surface area (Å²) in [5.74, 6) is -1.18. The molecule has 4 nitrogen and oxygen atoms in total. The van der Waals surface area contributed by atoms with E-state index in [2.05, 4.69) is 5.32 Å². The first-order valence-corrected chi connectivity index (χ1v) is 10.3. The van der Waals surface area contributed by atoms with E-state index in [4.69, 9.17) is 0 Å². The summed E-state index contributed by atoms with van der Waals surface area (Å²) < 4.78 is 27.5. The Labute approximate surface area is 176 Å². The first kappa shape index (κ1) is 20.1. The predicted octanol–water partition coefficient (Wildman–Crippen LogP) is 5.30. The number of nitrogens with one attached hydrogen (secondary N) is 1. The Morgan fingerprint density at radius 2 is 1.83 bits per heavy atom. The van der Waals surface area contributed by atoms with Crippen molar-refractivity contribution in [2.24, 2.45) is 0 Å². The van der Waals surface area contributed by atoms with Crippen LogP contribution in [0.2, 0.25) is 0 Å². The number of hydrogen-bond donors (Lipinski definition) is 1. The van der Waals surface area contributed by atoms with E-state index in [9.17, 15) is 18.4 Å². The lowest BCUT2D eigenvalue weighted by Crippen LogP contribution is -2.28. The lowest BCUT2D eigenvalue weighted by atomic mass is 10.1. The quantitative estimate of drug-likeness (QED) is 0.618. The van der Waals surface area contributed by atoms with Crippen molar-refractivity contribution in [3.63, 3.8) is 0 Å². The number of thioether (sulfide) groups is 1. The van der Waals surface area contributed by atoms with E-state index in [0.29, 0.717) is 11.3 Å². The molecule has 30 heavy (non-hydrogen) atoms. The van der Waals surface area contributed by atoms with Gasteiger partial charge in [-0.2, -0.15) is 0 Å². The maximum Gasteiger partial charge on any atom is 0.255 e. The summed E-state index contributed by atoms with van der Waals surface area (Å²) in [6.45, 7) is 1.84. The minimum Gasteiger partial charge on any atom is -0.322 e. The fourth-order valence-electron chi connectivity index (χ4n) is 3.31. The predicted molar refractivity (Wildman–Crippen MR) is 115 cm³/mol. The zero-order valence-electron chi connectivity index (χ0n) is 16.1. The van der Waals surface area contributed by atoms with Gasteiger partial charge in [-0.15, -0.1) is 11.8 Å². The van der Waals surface area contributed by atoms with E-state index >= 15 is 0 Å². The number of carbonyl (C=O) groups excluding carboxylic acids is 2. The molecule has 0 aromatic heterocycles. The molecule has 1 unspecified atom stereocenters. The highest BCUT2D eigenvalue weighted by Gasteiger charge is 2.35. The first-order chi connectivity index (χ1) is 14.4. The van der Waals surface area contributed by atoms with Gasteiger partial charge in [0.1, 0.15) is 17.0 Å². The number of nitrogens with zero attached hydrogens (tertiary/aromatic N) is 1. The molecular formula is C23H18F2N2O2S. The molecule has 0 saturated carbocycles. The van der Waals surface area contributed by atoms with Crippen LogP contribution in [0.5, 0.6) is 0 Å². The van der Waals surface area contributed by atoms with Gasteiger partial charge in [0.25, 0.3) is 5.91 Å². The summed E-state index contributed by atoms with van der Waals surface area (Å²) in [6.07, 6.45) is 0. The van der Waals surface area contributed by atoms with Crippen molar-refractivity contribution >= 4 is 35.0 Å². The highest BCUT2D eigenvalue weighted by atomic mass is 32.2. The van der Waals surface area contributed by atoms with Gasteiger partial charge in [-0.3, -0.25) is 14.5 Å². The Balaban J connectivity index is 1.61. The Bertz CT molecular complexity index is 1120. The fourth-order valence-corrected chi connectivity index (χ4v) is 4.47. The third-order valence-corrected chi connectivity index (χ3v) is 5.98. The summed E-state index contributed by atoms with van der Waals surface area (Å²) in [5.41, 5.74) is 2.73. The number of aryl methyl sites for hydroxylation is 1. The number of hydrogen-bond acceptors (Lipinski definition) is 3. The molecular weight excluding hydrogens is 406 g/mol. The minimum atomic E-state index is -0.456. The zero-order valence-corrected chi connectivity index (χ0v) is 16.9. The lowest BCUT2D eigenvalue weighted by molar-refractivity contribution is -0.115. The molecule has 152 valence electrons. The Kier molecular flexibility index (Phi) is 5.55. The van der Waals surface area contributed by atoms with Crippen LogP contribution in [0.15, 0.2) is 66.7 Å². The van der Waals surface area contributed by atoms with Crippen LogP contribution in [0.3, 0.4) is 0 Å².